The lowest BCUT2D eigenvalue weighted by Gasteiger charge is -2.08. The van der Waals surface area contributed by atoms with E-state index in [2.05, 4.69) is 10.3 Å². The van der Waals surface area contributed by atoms with Crippen molar-refractivity contribution in [2.45, 2.75) is 13.3 Å². The first kappa shape index (κ1) is 14.8. The van der Waals surface area contributed by atoms with E-state index >= 15 is 0 Å². The van der Waals surface area contributed by atoms with Crippen molar-refractivity contribution in [2.75, 3.05) is 5.32 Å². The van der Waals surface area contributed by atoms with Crippen molar-refractivity contribution in [3.05, 3.63) is 57.6 Å². The second-order valence-electron chi connectivity index (χ2n) is 4.26. The van der Waals surface area contributed by atoms with E-state index in [1.165, 1.54) is 18.3 Å². The molecule has 3 nitrogen and oxygen atoms in total. The van der Waals surface area contributed by atoms with Crippen LogP contribution in [-0.2, 0) is 11.2 Å². The van der Waals surface area contributed by atoms with Gasteiger partial charge in [-0.25, -0.2) is 9.37 Å². The van der Waals surface area contributed by atoms with Gasteiger partial charge in [0, 0.05) is 10.6 Å². The number of nitrogens with zero attached hydrogens (tertiary/aromatic N) is 1. The molecule has 0 aliphatic heterocycles. The van der Waals surface area contributed by atoms with Gasteiger partial charge in [0.2, 0.25) is 5.91 Å². The monoisotopic (exact) mass is 312 g/mol. The zero-order chi connectivity index (χ0) is 14.7. The number of hydrogen-bond acceptors (Lipinski definition) is 2. The molecule has 2 aromatic rings. The summed E-state index contributed by atoms with van der Waals surface area (Å²) in [7, 11) is 0. The molecule has 6 heteroatoms. The van der Waals surface area contributed by atoms with Gasteiger partial charge in [-0.3, -0.25) is 4.79 Å². The third kappa shape index (κ3) is 3.46. The fourth-order valence-electron chi connectivity index (χ4n) is 1.69. The van der Waals surface area contributed by atoms with Crippen LogP contribution in [0.2, 0.25) is 10.2 Å². The van der Waals surface area contributed by atoms with Gasteiger partial charge >= 0.3 is 0 Å². The van der Waals surface area contributed by atoms with Crippen molar-refractivity contribution in [3.63, 3.8) is 0 Å². The highest BCUT2D eigenvalue weighted by Crippen LogP contribution is 2.20. The lowest BCUT2D eigenvalue weighted by Crippen LogP contribution is -2.15. The number of pyridine rings is 1. The second-order valence-corrected chi connectivity index (χ2v) is 5.02. The molecule has 0 aliphatic rings. The Hall–Kier alpha value is -1.65. The molecule has 104 valence electrons. The van der Waals surface area contributed by atoms with Crippen LogP contribution in [0, 0.1) is 12.7 Å². The summed E-state index contributed by atoms with van der Waals surface area (Å²) in [6.07, 6.45) is 1.30. The minimum atomic E-state index is -0.502. The molecular weight excluding hydrogens is 302 g/mol. The fourth-order valence-corrected chi connectivity index (χ4v) is 2.03. The maximum atomic E-state index is 13.6. The number of nitrogens with one attached hydrogen (secondary N) is 1. The maximum absolute atomic E-state index is 13.6. The topological polar surface area (TPSA) is 42.0 Å². The van der Waals surface area contributed by atoms with Crippen LogP contribution in [0.4, 0.5) is 10.1 Å². The van der Waals surface area contributed by atoms with Crippen LogP contribution in [0.3, 0.4) is 0 Å². The third-order valence-corrected chi connectivity index (χ3v) is 3.45. The molecule has 0 radical (unpaired) electrons. The molecule has 0 bridgehead atoms. The average Bonchev–Trinajstić information content (AvgIpc) is 2.38. The minimum absolute atomic E-state index is 0.146. The van der Waals surface area contributed by atoms with Gasteiger partial charge in [-0.2, -0.15) is 0 Å². The number of aromatic nitrogens is 1. The molecule has 0 saturated heterocycles. The highest BCUT2D eigenvalue weighted by Gasteiger charge is 2.12. The van der Waals surface area contributed by atoms with Gasteiger partial charge < -0.3 is 5.32 Å². The Morgan fingerprint density at radius 2 is 2.15 bits per heavy atom. The molecule has 1 aromatic heterocycles. The molecule has 1 aromatic carbocycles. The van der Waals surface area contributed by atoms with E-state index in [0.29, 0.717) is 10.8 Å². The van der Waals surface area contributed by atoms with Crippen molar-refractivity contribution in [2.24, 2.45) is 0 Å². The first-order chi connectivity index (χ1) is 9.47. The number of carbonyl (C=O) groups excluding carboxylic acids is 1. The van der Waals surface area contributed by atoms with Crippen molar-refractivity contribution in [1.29, 1.82) is 0 Å². The zero-order valence-electron chi connectivity index (χ0n) is 10.6. The van der Waals surface area contributed by atoms with Crippen LogP contribution >= 0.6 is 23.2 Å². The zero-order valence-corrected chi connectivity index (χ0v) is 12.1. The number of halogens is 3. The number of anilines is 1. The molecule has 0 spiro atoms. The summed E-state index contributed by atoms with van der Waals surface area (Å²) < 4.78 is 13.6. The predicted molar refractivity (Wildman–Crippen MR) is 77.7 cm³/mol. The summed E-state index contributed by atoms with van der Waals surface area (Å²) in [6, 6.07) is 5.99. The van der Waals surface area contributed by atoms with E-state index < -0.39 is 5.82 Å². The van der Waals surface area contributed by atoms with Crippen LogP contribution in [0.1, 0.15) is 11.1 Å². The molecule has 2 rings (SSSR count). The quantitative estimate of drug-likeness (QED) is 0.870. The number of carbonyl (C=O) groups is 1. The van der Waals surface area contributed by atoms with E-state index in [1.807, 2.05) is 0 Å². The van der Waals surface area contributed by atoms with Crippen LogP contribution in [0.25, 0.3) is 0 Å². The van der Waals surface area contributed by atoms with Gasteiger partial charge in [0.1, 0.15) is 11.0 Å². The third-order valence-electron chi connectivity index (χ3n) is 2.70. The number of amides is 1. The van der Waals surface area contributed by atoms with Crippen molar-refractivity contribution >= 4 is 34.8 Å². The number of hydrogen-bond donors (Lipinski definition) is 1. The van der Waals surface area contributed by atoms with E-state index in [1.54, 1.807) is 19.1 Å². The summed E-state index contributed by atoms with van der Waals surface area (Å²) in [6.45, 7) is 1.78. The second kappa shape index (κ2) is 6.20. The summed E-state index contributed by atoms with van der Waals surface area (Å²) in [5.41, 5.74) is 1.42. The molecule has 0 unspecified atom stereocenters. The molecular formula is C14H11Cl2FN2O. The molecule has 1 heterocycles. The Kier molecular flexibility index (Phi) is 4.57. The highest BCUT2D eigenvalue weighted by molar-refractivity contribution is 6.31. The van der Waals surface area contributed by atoms with Gasteiger partial charge in [-0.1, -0.05) is 29.3 Å². The summed E-state index contributed by atoms with van der Waals surface area (Å²) in [5, 5.41) is 3.23. The van der Waals surface area contributed by atoms with Crippen LogP contribution in [0.5, 0.6) is 0 Å². The molecule has 0 atom stereocenters. The maximum Gasteiger partial charge on any atom is 0.229 e. The first-order valence-electron chi connectivity index (χ1n) is 5.82. The molecule has 20 heavy (non-hydrogen) atoms. The minimum Gasteiger partial charge on any atom is -0.324 e. The van der Waals surface area contributed by atoms with Gasteiger partial charge in [0.05, 0.1) is 18.3 Å². The summed E-state index contributed by atoms with van der Waals surface area (Å²) in [4.78, 5) is 15.8. The normalized spacial score (nSPS) is 10.4. The lowest BCUT2D eigenvalue weighted by molar-refractivity contribution is -0.115. The summed E-state index contributed by atoms with van der Waals surface area (Å²) in [5.74, 6) is -0.876. The Morgan fingerprint density at radius 1 is 1.40 bits per heavy atom. The van der Waals surface area contributed by atoms with Crippen molar-refractivity contribution in [1.82, 2.24) is 4.98 Å². The van der Waals surface area contributed by atoms with Crippen LogP contribution in [-0.4, -0.2) is 10.9 Å². The fraction of sp³-hybridized carbons (Fsp3) is 0.143. The number of benzene rings is 1. The Labute approximate surface area is 125 Å². The Balaban J connectivity index is 2.11. The molecule has 0 saturated carbocycles. The SMILES string of the molecule is Cc1cc(NC(=O)Cc2c(F)cccc2Cl)cnc1Cl. The molecule has 0 fully saturated rings. The predicted octanol–water partition coefficient (Wildman–Crippen LogP) is 4.02. The van der Waals surface area contributed by atoms with Gasteiger partial charge in [-0.15, -0.1) is 0 Å². The highest BCUT2D eigenvalue weighted by atomic mass is 35.5. The van der Waals surface area contributed by atoms with Crippen molar-refractivity contribution in [3.8, 4) is 0 Å². The lowest BCUT2D eigenvalue weighted by atomic mass is 10.1. The Bertz CT molecular complexity index is 641. The number of aryl methyl sites for hydroxylation is 1. The molecule has 1 amide bonds. The average molecular weight is 313 g/mol. The summed E-state index contributed by atoms with van der Waals surface area (Å²) >= 11 is 11.7. The smallest absolute Gasteiger partial charge is 0.229 e. The van der Waals surface area contributed by atoms with Gasteiger partial charge in [0.25, 0.3) is 0 Å². The first-order valence-corrected chi connectivity index (χ1v) is 6.58. The largest absolute Gasteiger partial charge is 0.324 e. The van der Waals surface area contributed by atoms with Gasteiger partial charge in [0.15, 0.2) is 0 Å². The standard InChI is InChI=1S/C14H11Cl2FN2O/c1-8-5-9(7-18-14(8)16)19-13(20)6-10-11(15)3-2-4-12(10)17/h2-5,7H,6H2,1H3,(H,19,20). The van der Waals surface area contributed by atoms with E-state index in [-0.39, 0.29) is 22.9 Å². The molecule has 1 N–H and O–H groups in total. The number of rotatable bonds is 3. The van der Waals surface area contributed by atoms with Crippen LogP contribution in [0.15, 0.2) is 30.5 Å². The Morgan fingerprint density at radius 3 is 2.80 bits per heavy atom. The van der Waals surface area contributed by atoms with E-state index in [9.17, 15) is 9.18 Å². The molecule has 0 aliphatic carbocycles. The van der Waals surface area contributed by atoms with Crippen molar-refractivity contribution < 1.29 is 9.18 Å². The van der Waals surface area contributed by atoms with E-state index in [0.717, 1.165) is 5.56 Å². The van der Waals surface area contributed by atoms with Crippen LogP contribution < -0.4 is 5.32 Å². The van der Waals surface area contributed by atoms with Gasteiger partial charge in [-0.05, 0) is 30.7 Å². The van der Waals surface area contributed by atoms with E-state index in [4.69, 9.17) is 23.2 Å².